The number of hydrogen-bond acceptors (Lipinski definition) is 4. The lowest BCUT2D eigenvalue weighted by molar-refractivity contribution is -0.118. The molecule has 3 unspecified atom stereocenters. The van der Waals surface area contributed by atoms with Gasteiger partial charge in [0.15, 0.2) is 0 Å². The van der Waals surface area contributed by atoms with E-state index in [0.717, 1.165) is 19.4 Å². The lowest BCUT2D eigenvalue weighted by Crippen LogP contribution is -2.47. The molecule has 0 aromatic rings. The molecule has 2 rings (SSSR count). The fourth-order valence-electron chi connectivity index (χ4n) is 2.46. The highest BCUT2D eigenvalue weighted by Gasteiger charge is 2.24. The van der Waals surface area contributed by atoms with Gasteiger partial charge in [-0.2, -0.15) is 0 Å². The van der Waals surface area contributed by atoms with Crippen LogP contribution in [0.15, 0.2) is 12.3 Å². The van der Waals surface area contributed by atoms with E-state index in [2.05, 4.69) is 22.8 Å². The third-order valence-electron chi connectivity index (χ3n) is 3.30. The standard InChI is InChI=1S/C11H19N3OS/c12-9-3-1-2-8(6-9)7-14-5-4-10(15)13-11(14)16/h4-5,8-9,11,16H,1-3,6-7,12H2,(H,13,15). The van der Waals surface area contributed by atoms with Gasteiger partial charge in [0.05, 0.1) is 0 Å². The summed E-state index contributed by atoms with van der Waals surface area (Å²) < 4.78 is 0. The minimum absolute atomic E-state index is 0.0726. The molecule has 90 valence electrons. The molecule has 1 saturated carbocycles. The van der Waals surface area contributed by atoms with Crippen molar-refractivity contribution in [3.05, 3.63) is 12.3 Å². The zero-order chi connectivity index (χ0) is 11.5. The molecular weight excluding hydrogens is 222 g/mol. The number of thiol groups is 1. The summed E-state index contributed by atoms with van der Waals surface area (Å²) in [4.78, 5) is 13.1. The minimum Gasteiger partial charge on any atom is -0.349 e. The van der Waals surface area contributed by atoms with Crippen LogP contribution in [0.25, 0.3) is 0 Å². The van der Waals surface area contributed by atoms with Gasteiger partial charge in [-0.3, -0.25) is 4.79 Å². The summed E-state index contributed by atoms with van der Waals surface area (Å²) in [5.74, 6) is 0.551. The summed E-state index contributed by atoms with van der Waals surface area (Å²) in [7, 11) is 0. The van der Waals surface area contributed by atoms with Gasteiger partial charge in [-0.1, -0.05) is 6.42 Å². The first-order chi connectivity index (χ1) is 7.65. The van der Waals surface area contributed by atoms with Crippen LogP contribution in [0, 0.1) is 5.92 Å². The van der Waals surface area contributed by atoms with Crippen molar-refractivity contribution in [2.24, 2.45) is 11.7 Å². The highest BCUT2D eigenvalue weighted by molar-refractivity contribution is 7.80. The van der Waals surface area contributed by atoms with E-state index in [1.165, 1.54) is 12.8 Å². The molecule has 1 aliphatic heterocycles. The number of amides is 1. The Morgan fingerprint density at radius 2 is 2.38 bits per heavy atom. The maximum Gasteiger partial charge on any atom is 0.247 e. The fraction of sp³-hybridized carbons (Fsp3) is 0.727. The summed E-state index contributed by atoms with van der Waals surface area (Å²) in [6.45, 7) is 0.929. The maximum atomic E-state index is 11.1. The van der Waals surface area contributed by atoms with Gasteiger partial charge < -0.3 is 16.0 Å². The fourth-order valence-corrected chi connectivity index (χ4v) is 2.76. The third kappa shape index (κ3) is 2.92. The van der Waals surface area contributed by atoms with Crippen LogP contribution < -0.4 is 11.1 Å². The molecule has 3 atom stereocenters. The van der Waals surface area contributed by atoms with E-state index in [4.69, 9.17) is 5.73 Å². The Morgan fingerprint density at radius 1 is 1.56 bits per heavy atom. The Balaban J connectivity index is 1.89. The number of nitrogens with zero attached hydrogens (tertiary/aromatic N) is 1. The van der Waals surface area contributed by atoms with Crippen molar-refractivity contribution in [1.82, 2.24) is 10.2 Å². The van der Waals surface area contributed by atoms with Gasteiger partial charge in [0.25, 0.3) is 0 Å². The molecule has 3 N–H and O–H groups in total. The Hall–Kier alpha value is -0.680. The van der Waals surface area contributed by atoms with Crippen LogP contribution >= 0.6 is 12.6 Å². The van der Waals surface area contributed by atoms with Crippen molar-refractivity contribution in [2.75, 3.05) is 6.54 Å². The predicted molar refractivity (Wildman–Crippen MR) is 66.7 cm³/mol. The number of nitrogens with two attached hydrogens (primary N) is 1. The number of carbonyl (C=O) groups is 1. The maximum absolute atomic E-state index is 11.1. The van der Waals surface area contributed by atoms with Crippen molar-refractivity contribution >= 4 is 18.5 Å². The molecular formula is C11H19N3OS. The summed E-state index contributed by atoms with van der Waals surface area (Å²) in [6.07, 6.45) is 8.05. The van der Waals surface area contributed by atoms with E-state index in [-0.39, 0.29) is 11.4 Å². The zero-order valence-electron chi connectivity index (χ0n) is 9.30. The van der Waals surface area contributed by atoms with Gasteiger partial charge in [0, 0.05) is 24.9 Å². The second-order valence-electron chi connectivity index (χ2n) is 4.69. The van der Waals surface area contributed by atoms with Gasteiger partial charge in [0.1, 0.15) is 5.50 Å². The van der Waals surface area contributed by atoms with Crippen molar-refractivity contribution in [3.8, 4) is 0 Å². The van der Waals surface area contributed by atoms with E-state index in [1.54, 1.807) is 6.08 Å². The largest absolute Gasteiger partial charge is 0.349 e. The third-order valence-corrected chi connectivity index (χ3v) is 3.72. The zero-order valence-corrected chi connectivity index (χ0v) is 10.2. The molecule has 0 radical (unpaired) electrons. The molecule has 0 saturated heterocycles. The number of carbonyl (C=O) groups excluding carboxylic acids is 1. The number of hydrogen-bond donors (Lipinski definition) is 3. The Morgan fingerprint density at radius 3 is 3.06 bits per heavy atom. The van der Waals surface area contributed by atoms with Crippen LogP contribution in [0.2, 0.25) is 0 Å². The van der Waals surface area contributed by atoms with Gasteiger partial charge >= 0.3 is 0 Å². The van der Waals surface area contributed by atoms with Crippen molar-refractivity contribution in [2.45, 2.75) is 37.2 Å². The summed E-state index contributed by atoms with van der Waals surface area (Å²) in [6, 6.07) is 0.348. The molecule has 16 heavy (non-hydrogen) atoms. The topological polar surface area (TPSA) is 58.4 Å². The second-order valence-corrected chi connectivity index (χ2v) is 5.18. The van der Waals surface area contributed by atoms with Gasteiger partial charge in [-0.25, -0.2) is 0 Å². The Kier molecular flexibility index (Phi) is 3.76. The number of rotatable bonds is 2. The first-order valence-corrected chi connectivity index (χ1v) is 6.35. The average molecular weight is 241 g/mol. The van der Waals surface area contributed by atoms with Crippen LogP contribution in [0.3, 0.4) is 0 Å². The molecule has 2 aliphatic rings. The van der Waals surface area contributed by atoms with Gasteiger partial charge in [-0.05, 0) is 25.2 Å². The highest BCUT2D eigenvalue weighted by atomic mass is 32.1. The van der Waals surface area contributed by atoms with E-state index < -0.39 is 0 Å². The molecule has 0 aromatic heterocycles. The van der Waals surface area contributed by atoms with Crippen LogP contribution in [0.4, 0.5) is 0 Å². The summed E-state index contributed by atoms with van der Waals surface area (Å²) >= 11 is 4.35. The molecule has 1 aliphatic carbocycles. The Labute approximate surface area is 102 Å². The molecule has 4 nitrogen and oxygen atoms in total. The van der Waals surface area contributed by atoms with E-state index >= 15 is 0 Å². The summed E-state index contributed by atoms with van der Waals surface area (Å²) in [5.41, 5.74) is 5.76. The SMILES string of the molecule is NC1CCCC(CN2C=CC(=O)NC2S)C1. The highest BCUT2D eigenvalue weighted by Crippen LogP contribution is 2.25. The van der Waals surface area contributed by atoms with Gasteiger partial charge in [0.2, 0.25) is 5.91 Å². The monoisotopic (exact) mass is 241 g/mol. The second kappa shape index (κ2) is 5.10. The van der Waals surface area contributed by atoms with Crippen LogP contribution in [-0.2, 0) is 4.79 Å². The van der Waals surface area contributed by atoms with Crippen molar-refractivity contribution in [3.63, 3.8) is 0 Å². The van der Waals surface area contributed by atoms with Crippen molar-refractivity contribution in [1.29, 1.82) is 0 Å². The smallest absolute Gasteiger partial charge is 0.247 e. The van der Waals surface area contributed by atoms with E-state index in [9.17, 15) is 4.79 Å². The molecule has 1 amide bonds. The number of nitrogens with one attached hydrogen (secondary N) is 1. The summed E-state index contributed by atoms with van der Waals surface area (Å²) in [5, 5.41) is 2.76. The molecule has 5 heteroatoms. The molecule has 1 fully saturated rings. The van der Waals surface area contributed by atoms with Crippen molar-refractivity contribution < 1.29 is 4.79 Å². The minimum atomic E-state index is -0.198. The van der Waals surface area contributed by atoms with Crippen LogP contribution in [-0.4, -0.2) is 28.9 Å². The lowest BCUT2D eigenvalue weighted by atomic mass is 9.86. The van der Waals surface area contributed by atoms with E-state index in [0.29, 0.717) is 12.0 Å². The van der Waals surface area contributed by atoms with Gasteiger partial charge in [-0.15, -0.1) is 12.6 Å². The molecule has 0 bridgehead atoms. The molecule has 1 heterocycles. The molecule has 0 aromatic carbocycles. The lowest BCUT2D eigenvalue weighted by Gasteiger charge is -2.35. The quantitative estimate of drug-likeness (QED) is 0.623. The Bertz CT molecular complexity index is 295. The normalized spacial score (nSPS) is 35.0. The van der Waals surface area contributed by atoms with Crippen LogP contribution in [0.1, 0.15) is 25.7 Å². The van der Waals surface area contributed by atoms with E-state index in [1.807, 2.05) is 6.20 Å². The first-order valence-electron chi connectivity index (χ1n) is 5.83. The first kappa shape index (κ1) is 11.8. The molecule has 0 spiro atoms. The van der Waals surface area contributed by atoms with Crippen LogP contribution in [0.5, 0.6) is 0 Å². The average Bonchev–Trinajstić information content (AvgIpc) is 2.22. The predicted octanol–water partition coefficient (Wildman–Crippen LogP) is 0.663.